The van der Waals surface area contributed by atoms with Gasteiger partial charge in [-0.15, -0.1) is 0 Å². The molecule has 16 heavy (non-hydrogen) atoms. The molecule has 82 valence electrons. The van der Waals surface area contributed by atoms with Crippen LogP contribution < -0.4 is 0 Å². The molecule has 0 radical (unpaired) electrons. The fourth-order valence-corrected chi connectivity index (χ4v) is 3.04. The molecule has 0 bridgehead atoms. The summed E-state index contributed by atoms with van der Waals surface area (Å²) < 4.78 is 5.96. The lowest BCUT2D eigenvalue weighted by Gasteiger charge is -2.08. The quantitative estimate of drug-likeness (QED) is 0.618. The van der Waals surface area contributed by atoms with Gasteiger partial charge in [0.1, 0.15) is 11.2 Å². The van der Waals surface area contributed by atoms with E-state index in [1.165, 1.54) is 15.7 Å². The summed E-state index contributed by atoms with van der Waals surface area (Å²) in [5, 5.41) is 2.46. The number of fused-ring (bicyclic) bond motifs is 3. The van der Waals surface area contributed by atoms with E-state index in [9.17, 15) is 0 Å². The molecule has 0 fully saturated rings. The SMILES string of the molecule is C[SH](C)c1cccc2c1oc1ccccc12. The summed E-state index contributed by atoms with van der Waals surface area (Å²) in [5.74, 6) is 0. The number of furan rings is 1. The van der Waals surface area contributed by atoms with Gasteiger partial charge in [0.05, 0.1) is 0 Å². The predicted octanol–water partition coefficient (Wildman–Crippen LogP) is 4.21. The lowest BCUT2D eigenvalue weighted by atomic mass is 10.1. The van der Waals surface area contributed by atoms with Crippen LogP contribution in [-0.2, 0) is 0 Å². The zero-order valence-corrected chi connectivity index (χ0v) is 10.3. The Hall–Kier alpha value is -1.41. The van der Waals surface area contributed by atoms with Crippen molar-refractivity contribution in [3.8, 4) is 0 Å². The van der Waals surface area contributed by atoms with Crippen LogP contribution in [0.4, 0.5) is 0 Å². The Morgan fingerprint density at radius 1 is 0.875 bits per heavy atom. The van der Waals surface area contributed by atoms with Gasteiger partial charge in [-0.2, -0.15) is 0 Å². The Morgan fingerprint density at radius 2 is 1.62 bits per heavy atom. The molecule has 0 spiro atoms. The number of thiol groups is 1. The fourth-order valence-electron chi connectivity index (χ4n) is 2.08. The number of hydrogen-bond donors (Lipinski definition) is 1. The lowest BCUT2D eigenvalue weighted by Crippen LogP contribution is -1.78. The third kappa shape index (κ3) is 1.34. The molecule has 2 aromatic carbocycles. The molecule has 0 atom stereocenters. The Balaban J connectivity index is 2.49. The zero-order valence-electron chi connectivity index (χ0n) is 9.40. The molecule has 0 aliphatic rings. The Labute approximate surface area is 97.4 Å². The summed E-state index contributed by atoms with van der Waals surface area (Å²) in [6.45, 7) is 0. The molecule has 0 unspecified atom stereocenters. The molecule has 1 nitrogen and oxygen atoms in total. The second-order valence-electron chi connectivity index (χ2n) is 4.15. The maximum Gasteiger partial charge on any atom is 0.147 e. The van der Waals surface area contributed by atoms with Gasteiger partial charge in [0, 0.05) is 15.7 Å². The van der Waals surface area contributed by atoms with Crippen LogP contribution in [0.25, 0.3) is 21.9 Å². The van der Waals surface area contributed by atoms with Crippen LogP contribution in [-0.4, -0.2) is 12.5 Å². The van der Waals surface area contributed by atoms with Gasteiger partial charge >= 0.3 is 0 Å². The van der Waals surface area contributed by atoms with Crippen molar-refractivity contribution in [3.05, 3.63) is 42.5 Å². The van der Waals surface area contributed by atoms with Gasteiger partial charge in [-0.1, -0.05) is 30.3 Å². The third-order valence-corrected chi connectivity index (χ3v) is 4.18. The Morgan fingerprint density at radius 3 is 2.44 bits per heavy atom. The van der Waals surface area contributed by atoms with E-state index in [0.717, 1.165) is 11.2 Å². The molecule has 3 rings (SSSR count). The lowest BCUT2D eigenvalue weighted by molar-refractivity contribution is 0.660. The van der Waals surface area contributed by atoms with Gasteiger partial charge in [0.2, 0.25) is 0 Å². The summed E-state index contributed by atoms with van der Waals surface area (Å²) in [6.07, 6.45) is 4.52. The van der Waals surface area contributed by atoms with E-state index in [0.29, 0.717) is 0 Å². The molecule has 0 amide bonds. The van der Waals surface area contributed by atoms with E-state index in [1.807, 2.05) is 12.1 Å². The van der Waals surface area contributed by atoms with Gasteiger partial charge in [-0.3, -0.25) is 0 Å². The second-order valence-corrected chi connectivity index (χ2v) is 6.42. The van der Waals surface area contributed by atoms with Crippen molar-refractivity contribution in [2.45, 2.75) is 4.90 Å². The van der Waals surface area contributed by atoms with E-state index in [1.54, 1.807) is 0 Å². The van der Waals surface area contributed by atoms with Crippen LogP contribution in [0.5, 0.6) is 0 Å². The summed E-state index contributed by atoms with van der Waals surface area (Å²) >= 11 is 0. The molecular weight excluding hydrogens is 216 g/mol. The van der Waals surface area contributed by atoms with Crippen molar-refractivity contribution in [1.29, 1.82) is 0 Å². The molecule has 3 aromatic rings. The normalized spacial score (nSPS) is 12.2. The topological polar surface area (TPSA) is 13.1 Å². The average Bonchev–Trinajstić information content (AvgIpc) is 2.67. The average molecular weight is 230 g/mol. The van der Waals surface area contributed by atoms with Crippen LogP contribution in [0.1, 0.15) is 0 Å². The molecule has 1 aromatic heterocycles. The van der Waals surface area contributed by atoms with Crippen molar-refractivity contribution in [3.63, 3.8) is 0 Å². The standard InChI is InChI=1S/C14H14OS/c1-16(2)13-9-5-7-11-10-6-3-4-8-12(10)15-14(11)13/h3-9,16H,1-2H3. The molecule has 0 saturated heterocycles. The molecule has 2 heteroatoms. The van der Waals surface area contributed by atoms with E-state index in [2.05, 4.69) is 42.8 Å². The highest BCUT2D eigenvalue weighted by atomic mass is 32.2. The van der Waals surface area contributed by atoms with Gasteiger partial charge in [-0.05, 0) is 24.6 Å². The first kappa shape index (κ1) is 9.79. The number of hydrogen-bond acceptors (Lipinski definition) is 1. The summed E-state index contributed by atoms with van der Waals surface area (Å²) in [6, 6.07) is 14.7. The highest BCUT2D eigenvalue weighted by Crippen LogP contribution is 2.39. The minimum atomic E-state index is -0.126. The molecule has 0 aliphatic carbocycles. The van der Waals surface area contributed by atoms with E-state index in [4.69, 9.17) is 4.42 Å². The Kier molecular flexibility index (Phi) is 2.18. The first-order valence-corrected chi connectivity index (χ1v) is 7.58. The van der Waals surface area contributed by atoms with Crippen LogP contribution in [0.15, 0.2) is 51.8 Å². The van der Waals surface area contributed by atoms with Crippen molar-refractivity contribution >= 4 is 32.8 Å². The highest BCUT2D eigenvalue weighted by molar-refractivity contribution is 8.16. The van der Waals surface area contributed by atoms with E-state index >= 15 is 0 Å². The van der Waals surface area contributed by atoms with Crippen LogP contribution in [0, 0.1) is 0 Å². The zero-order chi connectivity index (χ0) is 11.1. The van der Waals surface area contributed by atoms with Gasteiger partial charge in [-0.25, -0.2) is 10.9 Å². The summed E-state index contributed by atoms with van der Waals surface area (Å²) in [7, 11) is -0.126. The van der Waals surface area contributed by atoms with Crippen LogP contribution in [0.3, 0.4) is 0 Å². The molecule has 0 N–H and O–H groups in total. The fraction of sp³-hybridized carbons (Fsp3) is 0.143. The number of para-hydroxylation sites is 2. The largest absolute Gasteiger partial charge is 0.455 e. The molecule has 1 heterocycles. The summed E-state index contributed by atoms with van der Waals surface area (Å²) in [4.78, 5) is 1.35. The maximum atomic E-state index is 5.96. The summed E-state index contributed by atoms with van der Waals surface area (Å²) in [5.41, 5.74) is 2.06. The maximum absolute atomic E-state index is 5.96. The Bertz CT molecular complexity index is 652. The molecular formula is C14H14OS. The van der Waals surface area contributed by atoms with Crippen molar-refractivity contribution in [2.75, 3.05) is 12.5 Å². The number of benzene rings is 2. The minimum absolute atomic E-state index is 0.126. The third-order valence-electron chi connectivity index (χ3n) is 2.87. The van der Waals surface area contributed by atoms with Gasteiger partial charge in [0.15, 0.2) is 0 Å². The van der Waals surface area contributed by atoms with Crippen LogP contribution >= 0.6 is 10.9 Å². The van der Waals surface area contributed by atoms with E-state index < -0.39 is 0 Å². The first-order chi connectivity index (χ1) is 7.77. The van der Waals surface area contributed by atoms with Crippen LogP contribution in [0.2, 0.25) is 0 Å². The second kappa shape index (κ2) is 3.56. The number of rotatable bonds is 1. The van der Waals surface area contributed by atoms with Gasteiger partial charge in [0.25, 0.3) is 0 Å². The van der Waals surface area contributed by atoms with Gasteiger partial charge < -0.3 is 4.42 Å². The van der Waals surface area contributed by atoms with E-state index in [-0.39, 0.29) is 10.9 Å². The minimum Gasteiger partial charge on any atom is -0.455 e. The predicted molar refractivity (Wildman–Crippen MR) is 72.8 cm³/mol. The van der Waals surface area contributed by atoms with Crippen molar-refractivity contribution in [2.24, 2.45) is 0 Å². The van der Waals surface area contributed by atoms with Crippen molar-refractivity contribution in [1.82, 2.24) is 0 Å². The molecule has 0 aliphatic heterocycles. The highest BCUT2D eigenvalue weighted by Gasteiger charge is 2.10. The molecule has 0 saturated carbocycles. The first-order valence-electron chi connectivity index (χ1n) is 5.35. The smallest absolute Gasteiger partial charge is 0.147 e. The van der Waals surface area contributed by atoms with Crippen molar-refractivity contribution < 1.29 is 4.42 Å². The monoisotopic (exact) mass is 230 g/mol.